The summed E-state index contributed by atoms with van der Waals surface area (Å²) in [5.74, 6) is 0.157. The average Bonchev–Trinajstić information content (AvgIpc) is 2.18. The van der Waals surface area contributed by atoms with Crippen molar-refractivity contribution in [3.63, 3.8) is 0 Å². The molecule has 14 heavy (non-hydrogen) atoms. The monoisotopic (exact) mass is 207 g/mol. The van der Waals surface area contributed by atoms with E-state index in [1.807, 2.05) is 0 Å². The van der Waals surface area contributed by atoms with Gasteiger partial charge in [0.05, 0.1) is 6.04 Å². The highest BCUT2D eigenvalue weighted by atomic mass is 19.3. The fraction of sp³-hybridized carbons (Fsp3) is 1.00. The zero-order chi connectivity index (χ0) is 10.6. The van der Waals surface area contributed by atoms with Crippen LogP contribution in [0, 0.1) is 5.92 Å². The van der Waals surface area contributed by atoms with E-state index in [4.69, 9.17) is 5.11 Å². The topological polar surface area (TPSA) is 32.3 Å². The fourth-order valence-corrected chi connectivity index (χ4v) is 2.06. The van der Waals surface area contributed by atoms with Gasteiger partial charge in [0.1, 0.15) is 0 Å². The van der Waals surface area contributed by atoms with E-state index >= 15 is 0 Å². The molecule has 2 nitrogen and oxygen atoms in total. The molecule has 3 atom stereocenters. The predicted molar refractivity (Wildman–Crippen MR) is 51.4 cm³/mol. The third-order valence-electron chi connectivity index (χ3n) is 3.00. The molecular weight excluding hydrogens is 188 g/mol. The Balaban J connectivity index is 2.40. The predicted octanol–water partition coefficient (Wildman–Crippen LogP) is 1.78. The smallest absolute Gasteiger partial charge is 0.253 e. The number of hydrogen-bond acceptors (Lipinski definition) is 2. The summed E-state index contributed by atoms with van der Waals surface area (Å²) in [5.41, 5.74) is 0. The second-order valence-corrected chi connectivity index (χ2v) is 4.12. The van der Waals surface area contributed by atoms with Gasteiger partial charge >= 0.3 is 0 Å². The van der Waals surface area contributed by atoms with Crippen LogP contribution in [0.15, 0.2) is 0 Å². The van der Waals surface area contributed by atoms with Gasteiger partial charge in [0.25, 0.3) is 6.43 Å². The molecule has 1 aliphatic rings. The SMILES string of the molecule is CC(NC1CCCCC1CO)C(F)F. The molecule has 3 unspecified atom stereocenters. The average molecular weight is 207 g/mol. The zero-order valence-corrected chi connectivity index (χ0v) is 8.55. The van der Waals surface area contributed by atoms with Crippen LogP contribution in [0.4, 0.5) is 8.78 Å². The summed E-state index contributed by atoms with van der Waals surface area (Å²) in [6, 6.07) is -0.704. The van der Waals surface area contributed by atoms with E-state index < -0.39 is 12.5 Å². The van der Waals surface area contributed by atoms with Gasteiger partial charge < -0.3 is 10.4 Å². The van der Waals surface area contributed by atoms with Crippen LogP contribution >= 0.6 is 0 Å². The number of hydrogen-bond donors (Lipinski definition) is 2. The Morgan fingerprint density at radius 3 is 2.57 bits per heavy atom. The molecule has 0 aliphatic heterocycles. The van der Waals surface area contributed by atoms with E-state index in [1.54, 1.807) is 0 Å². The molecule has 0 radical (unpaired) electrons. The lowest BCUT2D eigenvalue weighted by molar-refractivity contribution is 0.0780. The van der Waals surface area contributed by atoms with Gasteiger partial charge in [-0.05, 0) is 25.7 Å². The minimum atomic E-state index is -2.32. The lowest BCUT2D eigenvalue weighted by Crippen LogP contribution is -2.47. The molecule has 0 amide bonds. The summed E-state index contributed by atoms with van der Waals surface area (Å²) in [6.07, 6.45) is 1.71. The largest absolute Gasteiger partial charge is 0.396 e. The number of alkyl halides is 2. The lowest BCUT2D eigenvalue weighted by atomic mass is 9.84. The molecule has 0 bridgehead atoms. The second-order valence-electron chi connectivity index (χ2n) is 4.12. The molecule has 4 heteroatoms. The van der Waals surface area contributed by atoms with Crippen LogP contribution in [-0.2, 0) is 0 Å². The first kappa shape index (κ1) is 11.9. The normalized spacial score (nSPS) is 30.6. The number of nitrogens with one attached hydrogen (secondary N) is 1. The highest BCUT2D eigenvalue weighted by molar-refractivity contribution is 4.83. The lowest BCUT2D eigenvalue weighted by Gasteiger charge is -2.33. The van der Waals surface area contributed by atoms with Crippen LogP contribution in [0.2, 0.25) is 0 Å². The summed E-state index contributed by atoms with van der Waals surface area (Å²) in [5, 5.41) is 12.0. The van der Waals surface area contributed by atoms with Gasteiger partial charge in [-0.25, -0.2) is 8.78 Å². The molecule has 0 saturated heterocycles. The van der Waals surface area contributed by atoms with Gasteiger partial charge in [-0.3, -0.25) is 0 Å². The van der Waals surface area contributed by atoms with Crippen molar-refractivity contribution in [1.29, 1.82) is 0 Å². The molecule has 1 fully saturated rings. The Bertz CT molecular complexity index is 166. The Hall–Kier alpha value is -0.220. The van der Waals surface area contributed by atoms with Crippen molar-refractivity contribution >= 4 is 0 Å². The summed E-state index contributed by atoms with van der Waals surface area (Å²) in [6.45, 7) is 1.60. The van der Waals surface area contributed by atoms with Gasteiger partial charge in [0, 0.05) is 12.6 Å². The fourth-order valence-electron chi connectivity index (χ4n) is 2.06. The van der Waals surface area contributed by atoms with Crippen molar-refractivity contribution in [2.75, 3.05) is 6.61 Å². The highest BCUT2D eigenvalue weighted by Crippen LogP contribution is 2.24. The van der Waals surface area contributed by atoms with Gasteiger partial charge in [-0.15, -0.1) is 0 Å². The van der Waals surface area contributed by atoms with Crippen molar-refractivity contribution in [2.24, 2.45) is 5.92 Å². The molecule has 84 valence electrons. The summed E-state index contributed by atoms with van der Waals surface area (Å²) in [7, 11) is 0. The zero-order valence-electron chi connectivity index (χ0n) is 8.55. The van der Waals surface area contributed by atoms with Crippen molar-refractivity contribution < 1.29 is 13.9 Å². The van der Waals surface area contributed by atoms with Crippen molar-refractivity contribution in [2.45, 2.75) is 51.1 Å². The van der Waals surface area contributed by atoms with Gasteiger partial charge in [-0.1, -0.05) is 12.8 Å². The molecular formula is C10H19F2NO. The maximum Gasteiger partial charge on any atom is 0.253 e. The first-order chi connectivity index (χ1) is 6.65. The maximum absolute atomic E-state index is 12.3. The third-order valence-corrected chi connectivity index (χ3v) is 3.00. The Kier molecular flexibility index (Phi) is 4.75. The molecule has 1 saturated carbocycles. The second kappa shape index (κ2) is 5.61. The van der Waals surface area contributed by atoms with E-state index in [0.717, 1.165) is 25.7 Å². The summed E-state index contributed by atoms with van der Waals surface area (Å²) in [4.78, 5) is 0. The van der Waals surface area contributed by atoms with Crippen molar-refractivity contribution in [3.8, 4) is 0 Å². The molecule has 2 N–H and O–H groups in total. The van der Waals surface area contributed by atoms with Crippen LogP contribution in [0.1, 0.15) is 32.6 Å². The molecule has 0 spiro atoms. The molecule has 0 aromatic heterocycles. The number of halogens is 2. The summed E-state index contributed by atoms with van der Waals surface area (Å²) < 4.78 is 24.6. The van der Waals surface area contributed by atoms with Crippen LogP contribution in [0.25, 0.3) is 0 Å². The number of aliphatic hydroxyl groups excluding tert-OH is 1. The Morgan fingerprint density at radius 1 is 1.36 bits per heavy atom. The van der Waals surface area contributed by atoms with Crippen LogP contribution in [0.3, 0.4) is 0 Å². The number of aliphatic hydroxyl groups is 1. The van der Waals surface area contributed by atoms with Crippen molar-refractivity contribution in [3.05, 3.63) is 0 Å². The van der Waals surface area contributed by atoms with Gasteiger partial charge in [0.15, 0.2) is 0 Å². The molecule has 1 rings (SSSR count). The van der Waals surface area contributed by atoms with E-state index in [-0.39, 0.29) is 18.6 Å². The first-order valence-corrected chi connectivity index (χ1v) is 5.30. The first-order valence-electron chi connectivity index (χ1n) is 5.30. The van der Waals surface area contributed by atoms with Crippen molar-refractivity contribution in [1.82, 2.24) is 5.32 Å². The molecule has 1 aliphatic carbocycles. The highest BCUT2D eigenvalue weighted by Gasteiger charge is 2.27. The maximum atomic E-state index is 12.3. The van der Waals surface area contributed by atoms with Gasteiger partial charge in [0.2, 0.25) is 0 Å². The van der Waals surface area contributed by atoms with E-state index in [9.17, 15) is 8.78 Å². The summed E-state index contributed by atoms with van der Waals surface area (Å²) >= 11 is 0. The minimum absolute atomic E-state index is 0.0674. The molecule has 0 aromatic carbocycles. The van der Waals surface area contributed by atoms with Crippen LogP contribution in [-0.4, -0.2) is 30.2 Å². The standard InChI is InChI=1S/C10H19F2NO/c1-7(10(11)12)13-9-5-3-2-4-8(9)6-14/h7-10,13-14H,2-6H2,1H3. The minimum Gasteiger partial charge on any atom is -0.396 e. The molecule has 0 aromatic rings. The van der Waals surface area contributed by atoms with E-state index in [2.05, 4.69) is 5.32 Å². The molecule has 0 heterocycles. The Labute approximate surface area is 83.7 Å². The van der Waals surface area contributed by atoms with Crippen LogP contribution in [0.5, 0.6) is 0 Å². The van der Waals surface area contributed by atoms with Crippen LogP contribution < -0.4 is 5.32 Å². The third kappa shape index (κ3) is 3.17. The van der Waals surface area contributed by atoms with Gasteiger partial charge in [-0.2, -0.15) is 0 Å². The van der Waals surface area contributed by atoms with E-state index in [1.165, 1.54) is 6.92 Å². The number of rotatable bonds is 4. The Morgan fingerprint density at radius 2 is 2.00 bits per heavy atom. The quantitative estimate of drug-likeness (QED) is 0.736. The van der Waals surface area contributed by atoms with E-state index in [0.29, 0.717) is 0 Å².